The van der Waals surface area contributed by atoms with E-state index in [2.05, 4.69) is 269 Å². The first kappa shape index (κ1) is 41.4. The molecule has 75 heavy (non-hydrogen) atoms. The number of benzene rings is 12. The van der Waals surface area contributed by atoms with E-state index >= 15 is 0 Å². The lowest BCUT2D eigenvalue weighted by molar-refractivity contribution is 1.07. The van der Waals surface area contributed by atoms with Crippen LogP contribution >= 0.6 is 0 Å². The van der Waals surface area contributed by atoms with Gasteiger partial charge in [0.1, 0.15) is 0 Å². The fraction of sp³-hybridized carbons (Fsp3) is 0. The molecule has 0 fully saturated rings. The Morgan fingerprint density at radius 3 is 1.39 bits per heavy atom. The zero-order valence-electron chi connectivity index (χ0n) is 40.4. The topological polar surface area (TPSA) is 51.8 Å². The number of hydrogen-bond donors (Lipinski definition) is 0. The number of nitrogens with zero attached hydrogens (tertiary/aromatic N) is 6. The summed E-state index contributed by atoms with van der Waals surface area (Å²) in [4.78, 5) is 19.3. The molecule has 0 unspecified atom stereocenters. The molecule has 348 valence electrons. The minimum absolute atomic E-state index is 0.591. The van der Waals surface area contributed by atoms with E-state index in [4.69, 9.17) is 15.0 Å². The fourth-order valence-electron chi connectivity index (χ4n) is 12.2. The molecule has 6 heteroatoms. The molecular weight excluding hydrogens is 913 g/mol. The van der Waals surface area contributed by atoms with E-state index in [0.717, 1.165) is 99.5 Å². The fourth-order valence-corrected chi connectivity index (χ4v) is 12.2. The maximum atomic E-state index is 5.66. The van der Waals surface area contributed by atoms with Crippen LogP contribution in [0.5, 0.6) is 0 Å². The Balaban J connectivity index is 0.994. The minimum Gasteiger partial charge on any atom is -0.309 e. The first-order valence-electron chi connectivity index (χ1n) is 25.5. The molecule has 3 aromatic heterocycles. The predicted molar refractivity (Wildman–Crippen MR) is 311 cm³/mol. The van der Waals surface area contributed by atoms with Crippen LogP contribution in [0.25, 0.3) is 133 Å². The van der Waals surface area contributed by atoms with Crippen molar-refractivity contribution in [3.05, 3.63) is 255 Å². The number of rotatable bonds is 6. The third kappa shape index (κ3) is 6.24. The summed E-state index contributed by atoms with van der Waals surface area (Å²) in [6, 6.07) is 91.6. The van der Waals surface area contributed by atoms with Crippen LogP contribution in [-0.4, -0.2) is 24.1 Å². The third-order valence-electron chi connectivity index (χ3n) is 15.4. The second-order valence-corrected chi connectivity index (χ2v) is 19.5. The average molecular weight is 955 g/mol. The van der Waals surface area contributed by atoms with Crippen LogP contribution in [0.3, 0.4) is 0 Å². The smallest absolute Gasteiger partial charge is 0.166 e. The number of anilines is 3. The molecule has 15 aromatic rings. The molecule has 4 heterocycles. The molecule has 0 saturated heterocycles. The van der Waals surface area contributed by atoms with Crippen molar-refractivity contribution in [1.29, 1.82) is 0 Å². The molecular formula is C69H42N6. The van der Waals surface area contributed by atoms with Gasteiger partial charge >= 0.3 is 0 Å². The molecule has 6 nitrogen and oxygen atoms in total. The highest BCUT2D eigenvalue weighted by Gasteiger charge is 2.31. The van der Waals surface area contributed by atoms with Crippen LogP contribution in [0.15, 0.2) is 255 Å². The quantitative estimate of drug-likeness (QED) is 0.167. The number of hydrogen-bond acceptors (Lipinski definition) is 4. The Bertz CT molecular complexity index is 4660. The van der Waals surface area contributed by atoms with E-state index < -0.39 is 0 Å². The summed E-state index contributed by atoms with van der Waals surface area (Å²) in [5, 5.41) is 11.5. The van der Waals surface area contributed by atoms with Gasteiger partial charge in [0, 0.05) is 60.4 Å². The normalized spacial score (nSPS) is 12.2. The summed E-state index contributed by atoms with van der Waals surface area (Å²) in [5.74, 6) is 1.78. The van der Waals surface area contributed by atoms with E-state index in [1.165, 1.54) is 32.7 Å². The lowest BCUT2D eigenvalue weighted by atomic mass is 9.88. The molecule has 0 atom stereocenters. The molecule has 16 rings (SSSR count). The molecule has 0 saturated carbocycles. The minimum atomic E-state index is 0.591. The summed E-state index contributed by atoms with van der Waals surface area (Å²) in [5.41, 5.74) is 15.1. The highest BCUT2D eigenvalue weighted by atomic mass is 15.2. The van der Waals surface area contributed by atoms with Crippen molar-refractivity contribution in [2.45, 2.75) is 0 Å². The van der Waals surface area contributed by atoms with E-state index in [-0.39, 0.29) is 0 Å². The highest BCUT2D eigenvalue weighted by Crippen LogP contribution is 2.55. The van der Waals surface area contributed by atoms with Crippen LogP contribution in [0.2, 0.25) is 0 Å². The largest absolute Gasteiger partial charge is 0.309 e. The van der Waals surface area contributed by atoms with Crippen molar-refractivity contribution < 1.29 is 0 Å². The molecule has 0 spiro atoms. The van der Waals surface area contributed by atoms with Crippen molar-refractivity contribution in [2.24, 2.45) is 0 Å². The van der Waals surface area contributed by atoms with Crippen LogP contribution in [0.1, 0.15) is 0 Å². The van der Waals surface area contributed by atoms with Crippen molar-refractivity contribution in [3.63, 3.8) is 0 Å². The molecule has 0 amide bonds. The van der Waals surface area contributed by atoms with Crippen LogP contribution < -0.4 is 4.90 Å². The monoisotopic (exact) mass is 954 g/mol. The van der Waals surface area contributed by atoms with Gasteiger partial charge in [0.2, 0.25) is 0 Å². The molecule has 0 bridgehead atoms. The zero-order chi connectivity index (χ0) is 49.1. The van der Waals surface area contributed by atoms with Gasteiger partial charge < -0.3 is 14.0 Å². The van der Waals surface area contributed by atoms with Gasteiger partial charge in [-0.05, 0) is 112 Å². The first-order chi connectivity index (χ1) is 37.2. The Morgan fingerprint density at radius 2 is 0.760 bits per heavy atom. The Hall–Kier alpha value is -10.2. The van der Waals surface area contributed by atoms with E-state index in [1.54, 1.807) is 0 Å². The summed E-state index contributed by atoms with van der Waals surface area (Å²) in [6.45, 7) is 0. The molecule has 0 N–H and O–H groups in total. The summed E-state index contributed by atoms with van der Waals surface area (Å²) >= 11 is 0. The average Bonchev–Trinajstić information content (AvgIpc) is 4.03. The summed E-state index contributed by atoms with van der Waals surface area (Å²) in [7, 11) is 0. The van der Waals surface area contributed by atoms with Gasteiger partial charge in [-0.3, -0.25) is 0 Å². The van der Waals surface area contributed by atoms with Gasteiger partial charge in [0.05, 0.1) is 44.7 Å². The van der Waals surface area contributed by atoms with E-state index in [1.807, 2.05) is 0 Å². The lowest BCUT2D eigenvalue weighted by Crippen LogP contribution is -2.17. The Kier molecular flexibility index (Phi) is 8.94. The van der Waals surface area contributed by atoms with Crippen LogP contribution in [-0.2, 0) is 0 Å². The molecule has 0 aliphatic carbocycles. The number of aromatic nitrogens is 5. The van der Waals surface area contributed by atoms with Crippen molar-refractivity contribution in [2.75, 3.05) is 4.90 Å². The predicted octanol–water partition coefficient (Wildman–Crippen LogP) is 18.0. The van der Waals surface area contributed by atoms with Crippen LogP contribution in [0, 0.1) is 0 Å². The lowest BCUT2D eigenvalue weighted by Gasteiger charge is -2.35. The van der Waals surface area contributed by atoms with Gasteiger partial charge in [0.15, 0.2) is 17.5 Å². The molecule has 1 aliphatic rings. The SMILES string of the molecule is c1ccc(-n2c3ccccc3c3cc(-c4nc(-c5ccc6c(c5)c5ccccc5n6-c5ccccc5)nc(-c5c(N6c7c(ccc8ccccc78)-c7cccc8cccc6c78)ccc6ccccc56)n4)ccc32)cc1. The van der Waals surface area contributed by atoms with Crippen LogP contribution in [0.4, 0.5) is 17.1 Å². The maximum absolute atomic E-state index is 5.66. The van der Waals surface area contributed by atoms with E-state index in [9.17, 15) is 0 Å². The Labute approximate surface area is 431 Å². The molecule has 12 aromatic carbocycles. The summed E-state index contributed by atoms with van der Waals surface area (Å²) < 4.78 is 4.70. The zero-order valence-corrected chi connectivity index (χ0v) is 40.4. The first-order valence-corrected chi connectivity index (χ1v) is 25.5. The summed E-state index contributed by atoms with van der Waals surface area (Å²) in [6.07, 6.45) is 0. The van der Waals surface area contributed by atoms with Gasteiger partial charge in [0.25, 0.3) is 0 Å². The van der Waals surface area contributed by atoms with Crippen molar-refractivity contribution >= 4 is 93.0 Å². The van der Waals surface area contributed by atoms with Crippen molar-refractivity contribution in [1.82, 2.24) is 24.1 Å². The van der Waals surface area contributed by atoms with Gasteiger partial charge in [-0.2, -0.15) is 0 Å². The van der Waals surface area contributed by atoms with Gasteiger partial charge in [-0.15, -0.1) is 0 Å². The second-order valence-electron chi connectivity index (χ2n) is 19.5. The van der Waals surface area contributed by atoms with Crippen molar-refractivity contribution in [3.8, 4) is 56.7 Å². The molecule has 0 radical (unpaired) electrons. The number of fused-ring (bicyclic) bond motifs is 11. The van der Waals surface area contributed by atoms with Gasteiger partial charge in [-0.25, -0.2) is 15.0 Å². The second kappa shape index (κ2) is 16.2. The maximum Gasteiger partial charge on any atom is 0.166 e. The highest BCUT2D eigenvalue weighted by molar-refractivity contribution is 6.21. The van der Waals surface area contributed by atoms with E-state index in [0.29, 0.717) is 17.5 Å². The standard InChI is InChI=1S/C69H42N6/c1-3-21-48(22-4-1)73-58-30-13-11-27-52(58)56-41-46(35-38-60(56)73)67-70-68(47-36-39-61-57(42-47)53-28-12-14-31-59(53)74(61)49-23-5-2-6-24-49)72-69(71-67)65-50-25-9-7-17-43(50)34-40-63(65)75-62-32-16-20-45-19-15-29-54(64(45)62)55-37-33-44-18-8-10-26-51(44)66(55)75/h1-42H. The van der Waals surface area contributed by atoms with Gasteiger partial charge in [-0.1, -0.05) is 170 Å². The Morgan fingerprint density at radius 1 is 0.280 bits per heavy atom. The molecule has 1 aliphatic heterocycles. The number of para-hydroxylation sites is 4. The third-order valence-corrected chi connectivity index (χ3v) is 15.4.